The van der Waals surface area contributed by atoms with Crippen molar-refractivity contribution in [1.82, 2.24) is 14.7 Å². The van der Waals surface area contributed by atoms with Gasteiger partial charge in [-0.25, -0.2) is 4.68 Å². The molecule has 0 unspecified atom stereocenters. The summed E-state index contributed by atoms with van der Waals surface area (Å²) in [5, 5.41) is 8.47. The molecule has 0 atom stereocenters. The van der Waals surface area contributed by atoms with E-state index in [0.29, 0.717) is 28.1 Å². The van der Waals surface area contributed by atoms with Crippen molar-refractivity contribution in [3.05, 3.63) is 82.0 Å². The second kappa shape index (κ2) is 12.2. The van der Waals surface area contributed by atoms with Crippen molar-refractivity contribution in [2.75, 3.05) is 18.4 Å². The van der Waals surface area contributed by atoms with Crippen LogP contribution >= 0.6 is 23.2 Å². The maximum absolute atomic E-state index is 13.1. The van der Waals surface area contributed by atoms with Gasteiger partial charge >= 0.3 is 0 Å². The fourth-order valence-corrected chi connectivity index (χ4v) is 3.75. The van der Waals surface area contributed by atoms with E-state index in [4.69, 9.17) is 28.3 Å². The van der Waals surface area contributed by atoms with Crippen molar-refractivity contribution in [2.45, 2.75) is 46.0 Å². The molecule has 190 valence electrons. The largest absolute Gasteiger partial charge is 0.330 e. The lowest BCUT2D eigenvalue weighted by molar-refractivity contribution is -0.130. The minimum atomic E-state index is -0.311. The molecular formula is C28H32Cl2N4O2. The van der Waals surface area contributed by atoms with E-state index in [-0.39, 0.29) is 23.8 Å². The average Bonchev–Trinajstić information content (AvgIpc) is 3.26. The Balaban J connectivity index is 1.82. The molecule has 3 aromatic rings. The van der Waals surface area contributed by atoms with Crippen LogP contribution in [0.25, 0.3) is 11.8 Å². The first-order valence-electron chi connectivity index (χ1n) is 12.0. The Labute approximate surface area is 222 Å². The Bertz CT molecular complexity index is 1230. The Kier molecular flexibility index (Phi) is 9.35. The third-order valence-electron chi connectivity index (χ3n) is 5.54. The van der Waals surface area contributed by atoms with Crippen LogP contribution in [0, 0.1) is 0 Å². The van der Waals surface area contributed by atoms with Crippen molar-refractivity contribution < 1.29 is 9.59 Å². The second-order valence-electron chi connectivity index (χ2n) is 9.58. The van der Waals surface area contributed by atoms with Crippen molar-refractivity contribution in [3.8, 4) is 5.69 Å². The predicted molar refractivity (Wildman–Crippen MR) is 148 cm³/mol. The van der Waals surface area contributed by atoms with Gasteiger partial charge in [-0.05, 0) is 36.3 Å². The molecule has 8 heteroatoms. The number of nitrogens with one attached hydrogen (secondary N) is 1. The van der Waals surface area contributed by atoms with Crippen LogP contribution in [0.2, 0.25) is 10.0 Å². The van der Waals surface area contributed by atoms with Gasteiger partial charge in [-0.3, -0.25) is 9.59 Å². The van der Waals surface area contributed by atoms with Crippen molar-refractivity contribution in [1.29, 1.82) is 0 Å². The maximum atomic E-state index is 13.1. The summed E-state index contributed by atoms with van der Waals surface area (Å²) in [5.74, 6) is -0.0314. The molecule has 36 heavy (non-hydrogen) atoms. The highest BCUT2D eigenvalue weighted by molar-refractivity contribution is 6.42. The number of aromatic nitrogens is 2. The van der Waals surface area contributed by atoms with Gasteiger partial charge in [0, 0.05) is 24.1 Å². The van der Waals surface area contributed by atoms with Gasteiger partial charge < -0.3 is 10.2 Å². The topological polar surface area (TPSA) is 67.2 Å². The SMILES string of the molecule is CCCCN(CC(=O)Nc1cc(C(C)(C)C)nn1-c1ccc(Cl)c(Cl)c1)C(=O)C=Cc1ccccc1. The van der Waals surface area contributed by atoms with Gasteiger partial charge in [-0.1, -0.05) is 87.6 Å². The molecule has 0 bridgehead atoms. The van der Waals surface area contributed by atoms with E-state index in [1.165, 1.54) is 6.08 Å². The number of anilines is 1. The van der Waals surface area contributed by atoms with Crippen molar-refractivity contribution in [2.24, 2.45) is 0 Å². The van der Waals surface area contributed by atoms with Crippen LogP contribution in [-0.4, -0.2) is 39.6 Å². The van der Waals surface area contributed by atoms with Gasteiger partial charge in [0.15, 0.2) is 0 Å². The molecule has 0 aliphatic carbocycles. The number of nitrogens with zero attached hydrogens (tertiary/aromatic N) is 3. The molecule has 0 fully saturated rings. The summed E-state index contributed by atoms with van der Waals surface area (Å²) >= 11 is 12.3. The number of halogens is 2. The van der Waals surface area contributed by atoms with Crippen LogP contribution in [-0.2, 0) is 15.0 Å². The van der Waals surface area contributed by atoms with Gasteiger partial charge in [0.25, 0.3) is 0 Å². The predicted octanol–water partition coefficient (Wildman–Crippen LogP) is 6.76. The highest BCUT2D eigenvalue weighted by atomic mass is 35.5. The first kappa shape index (κ1) is 27.5. The monoisotopic (exact) mass is 526 g/mol. The molecule has 0 saturated carbocycles. The Morgan fingerprint density at radius 1 is 1.06 bits per heavy atom. The second-order valence-corrected chi connectivity index (χ2v) is 10.4. The fourth-order valence-electron chi connectivity index (χ4n) is 3.46. The molecule has 3 rings (SSSR count). The van der Waals surface area contributed by atoms with E-state index in [1.807, 2.05) is 64.1 Å². The summed E-state index contributed by atoms with van der Waals surface area (Å²) in [4.78, 5) is 27.6. The molecule has 0 aliphatic heterocycles. The third-order valence-corrected chi connectivity index (χ3v) is 6.28. The summed E-state index contributed by atoms with van der Waals surface area (Å²) in [7, 11) is 0. The Hall–Kier alpha value is -3.09. The molecule has 0 spiro atoms. The van der Waals surface area contributed by atoms with E-state index in [0.717, 1.165) is 24.1 Å². The number of carbonyl (C=O) groups is 2. The fraction of sp³-hybridized carbons (Fsp3) is 0.321. The van der Waals surface area contributed by atoms with Crippen LogP contribution in [0.1, 0.15) is 51.8 Å². The zero-order valence-electron chi connectivity index (χ0n) is 21.1. The number of benzene rings is 2. The van der Waals surface area contributed by atoms with E-state index >= 15 is 0 Å². The lowest BCUT2D eigenvalue weighted by atomic mass is 9.92. The average molecular weight is 527 g/mol. The summed E-state index contributed by atoms with van der Waals surface area (Å²) in [6, 6.07) is 16.6. The Morgan fingerprint density at radius 3 is 2.42 bits per heavy atom. The van der Waals surface area contributed by atoms with Crippen molar-refractivity contribution >= 4 is 46.9 Å². The van der Waals surface area contributed by atoms with Gasteiger partial charge in [-0.15, -0.1) is 0 Å². The van der Waals surface area contributed by atoms with E-state index < -0.39 is 0 Å². The van der Waals surface area contributed by atoms with E-state index in [2.05, 4.69) is 5.32 Å². The summed E-state index contributed by atoms with van der Waals surface area (Å²) in [5.41, 5.74) is 2.14. The first-order chi connectivity index (χ1) is 17.1. The number of carbonyl (C=O) groups excluding carboxylic acids is 2. The lowest BCUT2D eigenvalue weighted by Crippen LogP contribution is -2.38. The van der Waals surface area contributed by atoms with Crippen LogP contribution in [0.3, 0.4) is 0 Å². The van der Waals surface area contributed by atoms with Gasteiger partial charge in [0.1, 0.15) is 12.4 Å². The van der Waals surface area contributed by atoms with Gasteiger partial charge in [0.05, 0.1) is 21.4 Å². The van der Waals surface area contributed by atoms with Crippen LogP contribution in [0.15, 0.2) is 60.7 Å². The zero-order valence-corrected chi connectivity index (χ0v) is 22.6. The zero-order chi connectivity index (χ0) is 26.3. The molecule has 2 amide bonds. The van der Waals surface area contributed by atoms with Crippen LogP contribution < -0.4 is 5.32 Å². The molecular weight excluding hydrogens is 495 g/mol. The Morgan fingerprint density at radius 2 is 1.78 bits per heavy atom. The number of rotatable bonds is 9. The quantitative estimate of drug-likeness (QED) is 0.313. The maximum Gasteiger partial charge on any atom is 0.247 e. The summed E-state index contributed by atoms with van der Waals surface area (Å²) in [6.07, 6.45) is 4.98. The van der Waals surface area contributed by atoms with Gasteiger partial charge in [0.2, 0.25) is 11.8 Å². The standard InChI is InChI=1S/C28H32Cl2N4O2/c1-5-6-16-33(27(36)15-12-20-10-8-7-9-11-20)19-26(35)31-25-18-24(28(2,3)4)32-34(25)21-13-14-22(29)23(30)17-21/h7-15,17-18H,5-6,16,19H2,1-4H3,(H,31,35). The highest BCUT2D eigenvalue weighted by Crippen LogP contribution is 2.29. The lowest BCUT2D eigenvalue weighted by Gasteiger charge is -2.20. The molecule has 0 radical (unpaired) electrons. The van der Waals surface area contributed by atoms with E-state index in [9.17, 15) is 9.59 Å². The molecule has 0 saturated heterocycles. The molecule has 6 nitrogen and oxygen atoms in total. The van der Waals surface area contributed by atoms with Gasteiger partial charge in [-0.2, -0.15) is 5.10 Å². The molecule has 1 heterocycles. The number of hydrogen-bond donors (Lipinski definition) is 1. The number of amides is 2. The summed E-state index contributed by atoms with van der Waals surface area (Å²) < 4.78 is 1.63. The van der Waals surface area contributed by atoms with Crippen LogP contribution in [0.5, 0.6) is 0 Å². The normalized spacial score (nSPS) is 11.6. The third kappa shape index (κ3) is 7.45. The number of unbranched alkanes of at least 4 members (excludes halogenated alkanes) is 1. The van der Waals surface area contributed by atoms with Crippen molar-refractivity contribution in [3.63, 3.8) is 0 Å². The van der Waals surface area contributed by atoms with E-state index in [1.54, 1.807) is 33.9 Å². The minimum Gasteiger partial charge on any atom is -0.330 e. The van der Waals surface area contributed by atoms with Crippen LogP contribution in [0.4, 0.5) is 5.82 Å². The first-order valence-corrected chi connectivity index (χ1v) is 12.7. The molecule has 2 aromatic carbocycles. The molecule has 1 aromatic heterocycles. The smallest absolute Gasteiger partial charge is 0.247 e. The molecule has 1 N–H and O–H groups in total. The highest BCUT2D eigenvalue weighted by Gasteiger charge is 2.23. The summed E-state index contributed by atoms with van der Waals surface area (Å²) in [6.45, 7) is 8.60. The minimum absolute atomic E-state index is 0.0740. The number of hydrogen-bond acceptors (Lipinski definition) is 3. The molecule has 0 aliphatic rings.